The van der Waals surface area contributed by atoms with E-state index < -0.39 is 0 Å². The van der Waals surface area contributed by atoms with E-state index in [-0.39, 0.29) is 11.9 Å². The molecule has 1 amide bonds. The third kappa shape index (κ3) is 4.19. The minimum Gasteiger partial charge on any atom is -0.497 e. The molecule has 2 heterocycles. The van der Waals surface area contributed by atoms with Gasteiger partial charge in [-0.2, -0.15) is 0 Å². The van der Waals surface area contributed by atoms with Gasteiger partial charge in [-0.15, -0.1) is 11.3 Å². The molecule has 1 atom stereocenters. The van der Waals surface area contributed by atoms with E-state index in [0.717, 1.165) is 42.8 Å². The van der Waals surface area contributed by atoms with Crippen LogP contribution in [0.25, 0.3) is 10.8 Å². The molecule has 6 heteroatoms. The summed E-state index contributed by atoms with van der Waals surface area (Å²) in [6.45, 7) is 3.83. The molecule has 2 aromatic carbocycles. The van der Waals surface area contributed by atoms with Crippen molar-refractivity contribution in [3.63, 3.8) is 0 Å². The number of amides is 1. The standard InChI is InChI=1S/C22H24N2O3S/c1-26-19-7-6-16-13-18(5-4-17(16)14-19)22(25)23-15-20(21-3-2-12-28-21)24-8-10-27-11-9-24/h2-7,12-14,20H,8-11,15H2,1H3,(H,23,25)/t20-/m1/s1. The van der Waals surface area contributed by atoms with Crippen LogP contribution < -0.4 is 10.1 Å². The second-order valence-corrected chi connectivity index (χ2v) is 7.80. The SMILES string of the molecule is COc1ccc2cc(C(=O)NC[C@H](c3cccs3)N3CCOCC3)ccc2c1. The van der Waals surface area contributed by atoms with Crippen molar-refractivity contribution in [1.82, 2.24) is 10.2 Å². The Morgan fingerprint density at radius 1 is 1.18 bits per heavy atom. The number of methoxy groups -OCH3 is 1. The van der Waals surface area contributed by atoms with Crippen LogP contribution in [-0.2, 0) is 4.74 Å². The lowest BCUT2D eigenvalue weighted by Crippen LogP contribution is -2.43. The Morgan fingerprint density at radius 2 is 1.96 bits per heavy atom. The Balaban J connectivity index is 1.48. The van der Waals surface area contributed by atoms with Gasteiger partial charge in [0.15, 0.2) is 0 Å². The first-order valence-corrected chi connectivity index (χ1v) is 10.3. The Kier molecular flexibility index (Phi) is 5.90. The van der Waals surface area contributed by atoms with Crippen LogP contribution in [0.5, 0.6) is 5.75 Å². The zero-order chi connectivity index (χ0) is 19.3. The summed E-state index contributed by atoms with van der Waals surface area (Å²) in [5, 5.41) is 7.30. The van der Waals surface area contributed by atoms with Crippen LogP contribution in [0.15, 0.2) is 53.9 Å². The summed E-state index contributed by atoms with van der Waals surface area (Å²) in [7, 11) is 1.65. The van der Waals surface area contributed by atoms with E-state index in [1.165, 1.54) is 4.88 Å². The van der Waals surface area contributed by atoms with Crippen LogP contribution in [0.1, 0.15) is 21.3 Å². The number of morpholine rings is 1. The quantitative estimate of drug-likeness (QED) is 0.690. The van der Waals surface area contributed by atoms with Crippen LogP contribution in [-0.4, -0.2) is 50.8 Å². The molecule has 0 radical (unpaired) electrons. The van der Waals surface area contributed by atoms with E-state index in [1.54, 1.807) is 18.4 Å². The average Bonchev–Trinajstić information content (AvgIpc) is 3.28. The lowest BCUT2D eigenvalue weighted by atomic mass is 10.1. The number of carbonyl (C=O) groups excluding carboxylic acids is 1. The predicted molar refractivity (Wildman–Crippen MR) is 112 cm³/mol. The number of nitrogens with one attached hydrogen (secondary N) is 1. The molecule has 1 aliphatic rings. The van der Waals surface area contributed by atoms with Crippen molar-refractivity contribution in [3.8, 4) is 5.75 Å². The molecule has 3 aromatic rings. The highest BCUT2D eigenvalue weighted by molar-refractivity contribution is 7.10. The van der Waals surface area contributed by atoms with Crippen LogP contribution in [0.3, 0.4) is 0 Å². The zero-order valence-electron chi connectivity index (χ0n) is 15.9. The molecular weight excluding hydrogens is 372 g/mol. The number of ether oxygens (including phenoxy) is 2. The molecule has 1 N–H and O–H groups in total. The highest BCUT2D eigenvalue weighted by atomic mass is 32.1. The van der Waals surface area contributed by atoms with E-state index >= 15 is 0 Å². The molecule has 1 aromatic heterocycles. The second-order valence-electron chi connectivity index (χ2n) is 6.82. The fourth-order valence-electron chi connectivity index (χ4n) is 3.56. The maximum absolute atomic E-state index is 12.8. The van der Waals surface area contributed by atoms with Crippen molar-refractivity contribution in [3.05, 3.63) is 64.4 Å². The van der Waals surface area contributed by atoms with Gasteiger partial charge in [0.25, 0.3) is 5.91 Å². The minimum absolute atomic E-state index is 0.0486. The highest BCUT2D eigenvalue weighted by Gasteiger charge is 2.24. The van der Waals surface area contributed by atoms with Gasteiger partial charge >= 0.3 is 0 Å². The summed E-state index contributed by atoms with van der Waals surface area (Å²) >= 11 is 1.73. The van der Waals surface area contributed by atoms with Gasteiger partial charge in [0.05, 0.1) is 26.4 Å². The van der Waals surface area contributed by atoms with Crippen molar-refractivity contribution < 1.29 is 14.3 Å². The van der Waals surface area contributed by atoms with Crippen LogP contribution in [0.2, 0.25) is 0 Å². The molecule has 0 unspecified atom stereocenters. The average molecular weight is 397 g/mol. The number of nitrogens with zero attached hydrogens (tertiary/aromatic N) is 1. The number of thiophene rings is 1. The number of benzene rings is 2. The van der Waals surface area contributed by atoms with Crippen LogP contribution >= 0.6 is 11.3 Å². The van der Waals surface area contributed by atoms with E-state index in [9.17, 15) is 4.79 Å². The van der Waals surface area contributed by atoms with Gasteiger partial charge in [-0.1, -0.05) is 18.2 Å². The topological polar surface area (TPSA) is 50.8 Å². The summed E-state index contributed by atoms with van der Waals surface area (Å²) < 4.78 is 10.8. The van der Waals surface area contributed by atoms with E-state index in [1.807, 2.05) is 36.4 Å². The summed E-state index contributed by atoms with van der Waals surface area (Å²) in [6, 6.07) is 16.0. The van der Waals surface area contributed by atoms with Gasteiger partial charge in [-0.3, -0.25) is 9.69 Å². The minimum atomic E-state index is -0.0486. The van der Waals surface area contributed by atoms with E-state index in [2.05, 4.69) is 27.7 Å². The zero-order valence-corrected chi connectivity index (χ0v) is 16.7. The van der Waals surface area contributed by atoms with Gasteiger partial charge in [-0.25, -0.2) is 0 Å². The van der Waals surface area contributed by atoms with Crippen LogP contribution in [0, 0.1) is 0 Å². The molecule has 28 heavy (non-hydrogen) atoms. The normalized spacial score (nSPS) is 16.0. The van der Waals surface area contributed by atoms with E-state index in [4.69, 9.17) is 9.47 Å². The molecule has 1 saturated heterocycles. The fraction of sp³-hybridized carbons (Fsp3) is 0.318. The second kappa shape index (κ2) is 8.73. The van der Waals surface area contributed by atoms with Crippen molar-refractivity contribution in [2.45, 2.75) is 6.04 Å². The third-order valence-corrected chi connectivity index (χ3v) is 6.10. The summed E-state index contributed by atoms with van der Waals surface area (Å²) in [4.78, 5) is 16.5. The maximum atomic E-state index is 12.8. The molecule has 1 aliphatic heterocycles. The number of hydrogen-bond acceptors (Lipinski definition) is 5. The summed E-state index contributed by atoms with van der Waals surface area (Å²) in [6.07, 6.45) is 0. The monoisotopic (exact) mass is 396 g/mol. The molecule has 0 bridgehead atoms. The largest absolute Gasteiger partial charge is 0.497 e. The Labute approximate surface area is 168 Å². The predicted octanol–water partition coefficient (Wildman–Crippen LogP) is 3.71. The van der Waals surface area contributed by atoms with Crippen molar-refractivity contribution in [2.24, 2.45) is 0 Å². The summed E-state index contributed by atoms with van der Waals surface area (Å²) in [5.41, 5.74) is 0.671. The molecule has 1 fully saturated rings. The molecular formula is C22H24N2O3S. The molecule has 0 spiro atoms. The Hall–Kier alpha value is -2.41. The Bertz CT molecular complexity index is 936. The number of fused-ring (bicyclic) bond motifs is 1. The van der Waals surface area contributed by atoms with Gasteiger partial charge in [0, 0.05) is 30.1 Å². The van der Waals surface area contributed by atoms with E-state index in [0.29, 0.717) is 12.1 Å². The fourth-order valence-corrected chi connectivity index (χ4v) is 4.42. The Morgan fingerprint density at radius 3 is 2.71 bits per heavy atom. The third-order valence-electron chi connectivity index (χ3n) is 5.12. The number of hydrogen-bond donors (Lipinski definition) is 1. The van der Waals surface area contributed by atoms with Crippen molar-refractivity contribution in [1.29, 1.82) is 0 Å². The smallest absolute Gasteiger partial charge is 0.251 e. The van der Waals surface area contributed by atoms with Gasteiger partial charge < -0.3 is 14.8 Å². The lowest BCUT2D eigenvalue weighted by molar-refractivity contribution is 0.0169. The van der Waals surface area contributed by atoms with Crippen molar-refractivity contribution >= 4 is 28.0 Å². The van der Waals surface area contributed by atoms with Gasteiger partial charge in [-0.05, 0) is 46.5 Å². The van der Waals surface area contributed by atoms with Crippen LogP contribution in [0.4, 0.5) is 0 Å². The lowest BCUT2D eigenvalue weighted by Gasteiger charge is -2.34. The molecule has 146 valence electrons. The van der Waals surface area contributed by atoms with Gasteiger partial charge in [0.1, 0.15) is 5.75 Å². The molecule has 0 saturated carbocycles. The number of carbonyl (C=O) groups is 1. The number of rotatable bonds is 6. The first-order valence-electron chi connectivity index (χ1n) is 9.46. The first-order chi connectivity index (χ1) is 13.7. The molecule has 5 nitrogen and oxygen atoms in total. The summed E-state index contributed by atoms with van der Waals surface area (Å²) in [5.74, 6) is 0.765. The highest BCUT2D eigenvalue weighted by Crippen LogP contribution is 2.26. The maximum Gasteiger partial charge on any atom is 0.251 e. The molecule has 0 aliphatic carbocycles. The molecule has 4 rings (SSSR count). The first kappa shape index (κ1) is 18.9. The van der Waals surface area contributed by atoms with Gasteiger partial charge in [0.2, 0.25) is 0 Å². The van der Waals surface area contributed by atoms with Crippen molar-refractivity contribution in [2.75, 3.05) is 40.0 Å².